The lowest BCUT2D eigenvalue weighted by atomic mass is 9.90. The van der Waals surface area contributed by atoms with Crippen LogP contribution in [-0.4, -0.2) is 20.2 Å². The van der Waals surface area contributed by atoms with E-state index in [2.05, 4.69) is 21.2 Å². The number of rotatable bonds is 3. The molecule has 0 N–H and O–H groups in total. The molecular weight excluding hydrogens is 286 g/mol. The minimum absolute atomic E-state index is 0.855. The Bertz CT molecular complexity index is 738. The lowest BCUT2D eigenvalue weighted by Gasteiger charge is -2.37. The van der Waals surface area contributed by atoms with Crippen LogP contribution in [0, 0.1) is 0 Å². The smallest absolute Gasteiger partial charge is 0.151 e. The van der Waals surface area contributed by atoms with Crippen LogP contribution in [0.5, 0.6) is 5.75 Å². The molecule has 4 heteroatoms. The first-order chi connectivity index (χ1) is 11.4. The van der Waals surface area contributed by atoms with Gasteiger partial charge in [-0.15, -0.1) is 5.11 Å². The zero-order chi connectivity index (χ0) is 15.6. The van der Waals surface area contributed by atoms with Gasteiger partial charge in [0.15, 0.2) is 5.75 Å². The minimum Gasteiger partial charge on any atom is -0.494 e. The number of anilines is 1. The standard InChI is InChI=1S/C19H21N3O/c1-23-19-16-10-6-12-22-11-5-7-14(18(16)22)13-17(19)21-20-15-8-3-2-4-9-15/h2-4,8-9,13H,5-7,10-12H2,1H3. The molecule has 0 aromatic heterocycles. The normalized spacial score (nSPS) is 16.5. The molecule has 2 heterocycles. The number of ether oxygens (including phenoxy) is 1. The van der Waals surface area contributed by atoms with E-state index in [0.29, 0.717) is 0 Å². The van der Waals surface area contributed by atoms with Crippen molar-refractivity contribution in [3.8, 4) is 5.75 Å². The van der Waals surface area contributed by atoms with Crippen molar-refractivity contribution < 1.29 is 4.74 Å². The molecule has 0 saturated carbocycles. The van der Waals surface area contributed by atoms with Gasteiger partial charge in [-0.1, -0.05) is 18.2 Å². The van der Waals surface area contributed by atoms with Crippen LogP contribution in [0.15, 0.2) is 46.6 Å². The largest absolute Gasteiger partial charge is 0.494 e. The molecule has 0 unspecified atom stereocenters. The molecule has 4 rings (SSSR count). The molecule has 0 bridgehead atoms. The van der Waals surface area contributed by atoms with E-state index in [1.807, 2.05) is 30.3 Å². The maximum absolute atomic E-state index is 5.72. The number of azo groups is 1. The van der Waals surface area contributed by atoms with Crippen LogP contribution >= 0.6 is 0 Å². The first kappa shape index (κ1) is 14.2. The van der Waals surface area contributed by atoms with Gasteiger partial charge in [-0.2, -0.15) is 5.11 Å². The Hall–Kier alpha value is -2.36. The Labute approximate surface area is 136 Å². The molecule has 2 aliphatic rings. The zero-order valence-electron chi connectivity index (χ0n) is 13.5. The quantitative estimate of drug-likeness (QED) is 0.763. The van der Waals surface area contributed by atoms with Gasteiger partial charge < -0.3 is 9.64 Å². The first-order valence-corrected chi connectivity index (χ1v) is 8.31. The fraction of sp³-hybridized carbons (Fsp3) is 0.368. The number of hydrogen-bond donors (Lipinski definition) is 0. The van der Waals surface area contributed by atoms with Crippen molar-refractivity contribution >= 4 is 17.1 Å². The Morgan fingerprint density at radius 1 is 1.00 bits per heavy atom. The SMILES string of the molecule is COc1c(N=Nc2ccccc2)cc2c3c1CCCN3CCC2. The summed E-state index contributed by atoms with van der Waals surface area (Å²) < 4.78 is 5.72. The van der Waals surface area contributed by atoms with Gasteiger partial charge in [0.05, 0.1) is 12.8 Å². The van der Waals surface area contributed by atoms with Gasteiger partial charge in [0.2, 0.25) is 0 Å². The van der Waals surface area contributed by atoms with E-state index in [1.165, 1.54) is 29.7 Å². The van der Waals surface area contributed by atoms with E-state index >= 15 is 0 Å². The highest BCUT2D eigenvalue weighted by molar-refractivity contribution is 5.74. The van der Waals surface area contributed by atoms with E-state index in [1.54, 1.807) is 7.11 Å². The van der Waals surface area contributed by atoms with Crippen molar-refractivity contribution in [3.63, 3.8) is 0 Å². The number of aryl methyl sites for hydroxylation is 1. The number of methoxy groups -OCH3 is 1. The van der Waals surface area contributed by atoms with E-state index in [9.17, 15) is 0 Å². The highest BCUT2D eigenvalue weighted by atomic mass is 16.5. The van der Waals surface area contributed by atoms with Crippen molar-refractivity contribution in [1.29, 1.82) is 0 Å². The predicted octanol–water partition coefficient (Wildman–Crippen LogP) is 4.81. The van der Waals surface area contributed by atoms with E-state index in [-0.39, 0.29) is 0 Å². The van der Waals surface area contributed by atoms with Gasteiger partial charge in [-0.05, 0) is 49.4 Å². The average Bonchev–Trinajstić information content (AvgIpc) is 2.61. The molecule has 2 aromatic carbocycles. The van der Waals surface area contributed by atoms with E-state index < -0.39 is 0 Å². The van der Waals surface area contributed by atoms with Gasteiger partial charge in [0, 0.05) is 24.3 Å². The summed E-state index contributed by atoms with van der Waals surface area (Å²) in [5.74, 6) is 0.898. The van der Waals surface area contributed by atoms with Crippen LogP contribution in [0.1, 0.15) is 24.0 Å². The predicted molar refractivity (Wildman–Crippen MR) is 92.5 cm³/mol. The third-order valence-corrected chi connectivity index (χ3v) is 4.69. The Morgan fingerprint density at radius 2 is 1.78 bits per heavy atom. The fourth-order valence-corrected chi connectivity index (χ4v) is 3.72. The summed E-state index contributed by atoms with van der Waals surface area (Å²) in [4.78, 5) is 2.51. The highest BCUT2D eigenvalue weighted by Gasteiger charge is 2.28. The van der Waals surface area contributed by atoms with Crippen LogP contribution in [0.3, 0.4) is 0 Å². The first-order valence-electron chi connectivity index (χ1n) is 8.31. The van der Waals surface area contributed by atoms with Gasteiger partial charge in [0.25, 0.3) is 0 Å². The molecule has 4 nitrogen and oxygen atoms in total. The van der Waals surface area contributed by atoms with Crippen LogP contribution in [0.25, 0.3) is 0 Å². The minimum atomic E-state index is 0.855. The zero-order valence-corrected chi connectivity index (χ0v) is 13.5. The average molecular weight is 307 g/mol. The summed E-state index contributed by atoms with van der Waals surface area (Å²) in [6, 6.07) is 12.0. The van der Waals surface area contributed by atoms with Crippen LogP contribution in [0.4, 0.5) is 17.1 Å². The molecule has 0 atom stereocenters. The van der Waals surface area contributed by atoms with Gasteiger partial charge in [0.1, 0.15) is 5.69 Å². The summed E-state index contributed by atoms with van der Waals surface area (Å²) in [6.07, 6.45) is 4.59. The molecular formula is C19H21N3O. The summed E-state index contributed by atoms with van der Waals surface area (Å²) in [7, 11) is 1.74. The molecule has 0 amide bonds. The van der Waals surface area contributed by atoms with E-state index in [4.69, 9.17) is 4.74 Å². The topological polar surface area (TPSA) is 37.2 Å². The Morgan fingerprint density at radius 3 is 2.57 bits per heavy atom. The summed E-state index contributed by atoms with van der Waals surface area (Å²) in [6.45, 7) is 2.32. The van der Waals surface area contributed by atoms with Crippen molar-refractivity contribution in [2.24, 2.45) is 10.2 Å². The number of benzene rings is 2. The van der Waals surface area contributed by atoms with Gasteiger partial charge in [-0.3, -0.25) is 0 Å². The monoisotopic (exact) mass is 307 g/mol. The Balaban J connectivity index is 1.80. The second-order valence-electron chi connectivity index (χ2n) is 6.14. The fourth-order valence-electron chi connectivity index (χ4n) is 3.72. The van der Waals surface area contributed by atoms with Crippen LogP contribution < -0.4 is 9.64 Å². The molecule has 0 aliphatic carbocycles. The highest BCUT2D eigenvalue weighted by Crippen LogP contribution is 2.45. The van der Waals surface area contributed by atoms with Crippen LogP contribution in [-0.2, 0) is 12.8 Å². The third kappa shape index (κ3) is 2.58. The second kappa shape index (κ2) is 6.03. The number of nitrogens with zero attached hydrogens (tertiary/aromatic N) is 3. The molecule has 0 spiro atoms. The third-order valence-electron chi connectivity index (χ3n) is 4.69. The van der Waals surface area contributed by atoms with Gasteiger partial charge in [-0.25, -0.2) is 0 Å². The van der Waals surface area contributed by atoms with Crippen molar-refractivity contribution in [3.05, 3.63) is 47.5 Å². The summed E-state index contributed by atoms with van der Waals surface area (Å²) in [5.41, 5.74) is 5.83. The molecule has 23 heavy (non-hydrogen) atoms. The lowest BCUT2D eigenvalue weighted by molar-refractivity contribution is 0.408. The van der Waals surface area contributed by atoms with Gasteiger partial charge >= 0.3 is 0 Å². The molecule has 2 aromatic rings. The Kier molecular flexibility index (Phi) is 3.74. The summed E-state index contributed by atoms with van der Waals surface area (Å²) >= 11 is 0. The van der Waals surface area contributed by atoms with Crippen LogP contribution in [0.2, 0.25) is 0 Å². The maximum Gasteiger partial charge on any atom is 0.151 e. The lowest BCUT2D eigenvalue weighted by Crippen LogP contribution is -2.34. The number of hydrogen-bond acceptors (Lipinski definition) is 4. The molecule has 118 valence electrons. The molecule has 0 fully saturated rings. The summed E-state index contributed by atoms with van der Waals surface area (Å²) in [5, 5.41) is 8.87. The van der Waals surface area contributed by atoms with Crippen molar-refractivity contribution in [2.75, 3.05) is 25.1 Å². The molecule has 0 radical (unpaired) electrons. The second-order valence-corrected chi connectivity index (χ2v) is 6.14. The van der Waals surface area contributed by atoms with Crippen molar-refractivity contribution in [1.82, 2.24) is 0 Å². The van der Waals surface area contributed by atoms with Crippen molar-refractivity contribution in [2.45, 2.75) is 25.7 Å². The van der Waals surface area contributed by atoms with E-state index in [0.717, 1.165) is 43.1 Å². The maximum atomic E-state index is 5.72. The molecule has 0 saturated heterocycles. The molecule has 2 aliphatic heterocycles.